The molecular weight excluding hydrogens is 729 g/mol. The fraction of sp³-hybridized carbons (Fsp3) is 0.442. The molecule has 282 valence electrons. The van der Waals surface area contributed by atoms with Gasteiger partial charge in [-0.3, -0.25) is 4.98 Å². The third-order valence-corrected chi connectivity index (χ3v) is 12.1. The van der Waals surface area contributed by atoms with Crippen LogP contribution < -0.4 is 19.5 Å². The first-order chi connectivity index (χ1) is 26.2. The Bertz CT molecular complexity index is 2030. The highest BCUT2D eigenvalue weighted by Gasteiger charge is 2.61. The summed E-state index contributed by atoms with van der Waals surface area (Å²) < 4.78 is 45.9. The largest absolute Gasteiger partial charge is 0.492 e. The monoisotopic (exact) mass is 772 g/mol. The topological polar surface area (TPSA) is 79.6 Å². The van der Waals surface area contributed by atoms with Crippen LogP contribution in [-0.2, 0) is 19.6 Å². The zero-order chi connectivity index (χ0) is 37.3. The Hall–Kier alpha value is -3.94. The zero-order valence-corrected chi connectivity index (χ0v) is 31.7. The van der Waals surface area contributed by atoms with Crippen molar-refractivity contribution >= 4 is 23.2 Å². The number of halogens is 4. The van der Waals surface area contributed by atoms with Crippen molar-refractivity contribution in [3.05, 3.63) is 105 Å². The van der Waals surface area contributed by atoms with Gasteiger partial charge in [-0.15, -0.1) is 0 Å². The number of hydrogen-bond acceptors (Lipinski definition) is 7. The molecule has 4 aromatic rings. The van der Waals surface area contributed by atoms with Crippen LogP contribution in [0.4, 0.5) is 8.78 Å². The molecule has 1 saturated heterocycles. The summed E-state index contributed by atoms with van der Waals surface area (Å²) in [5, 5.41) is 14.1. The van der Waals surface area contributed by atoms with E-state index in [1.165, 1.54) is 24.6 Å². The minimum Gasteiger partial charge on any atom is -0.492 e. The summed E-state index contributed by atoms with van der Waals surface area (Å²) in [7, 11) is 0. The van der Waals surface area contributed by atoms with E-state index in [2.05, 4.69) is 33.4 Å². The Morgan fingerprint density at radius 2 is 1.72 bits per heavy atom. The summed E-state index contributed by atoms with van der Waals surface area (Å²) in [5.74, 6) is -0.610. The molecule has 7 nitrogen and oxygen atoms in total. The molecule has 3 fully saturated rings. The number of aromatic nitrogens is 1. The van der Waals surface area contributed by atoms with E-state index in [-0.39, 0.29) is 31.0 Å². The molecule has 1 aromatic heterocycles. The highest BCUT2D eigenvalue weighted by atomic mass is 35.5. The Morgan fingerprint density at radius 3 is 2.52 bits per heavy atom. The molecule has 3 aliphatic carbocycles. The molecule has 0 radical (unpaired) electrons. The Labute approximate surface area is 325 Å². The molecule has 1 spiro atoms. The van der Waals surface area contributed by atoms with E-state index in [1.54, 1.807) is 12.3 Å². The van der Waals surface area contributed by atoms with E-state index < -0.39 is 5.92 Å². The number of hydrogen-bond donors (Lipinski definition) is 1. The predicted octanol–water partition coefficient (Wildman–Crippen LogP) is 10.1. The van der Waals surface area contributed by atoms with Crippen LogP contribution in [0.1, 0.15) is 85.3 Å². The number of ether oxygens (including phenoxy) is 3. The first kappa shape index (κ1) is 37.0. The molecule has 2 heterocycles. The molecule has 2 saturated carbocycles. The van der Waals surface area contributed by atoms with E-state index in [0.717, 1.165) is 79.6 Å². The second kappa shape index (κ2) is 15.7. The molecule has 4 aliphatic rings. The quantitative estimate of drug-likeness (QED) is 0.128. The minimum absolute atomic E-state index is 0.0279. The maximum Gasteiger partial charge on any atom is 0.249 e. The molecule has 54 heavy (non-hydrogen) atoms. The third kappa shape index (κ3) is 8.04. The maximum atomic E-state index is 13.4. The number of rotatable bonds is 14. The SMILES string of the molecule is N#Cc1cncc(COc2cc(O[C@H]3CCc4c(-c5cccc(OCCCN6CC7(C6)CC(F)(F)C7)c5Cl)cccc43)c(Cl)cc2CNC2CCCC2)c1. The van der Waals surface area contributed by atoms with Gasteiger partial charge in [0, 0.05) is 85.6 Å². The van der Waals surface area contributed by atoms with Gasteiger partial charge < -0.3 is 24.4 Å². The number of alkyl halides is 2. The Balaban J connectivity index is 0.945. The number of pyridine rings is 1. The molecule has 0 amide bonds. The van der Waals surface area contributed by atoms with E-state index in [9.17, 15) is 14.0 Å². The van der Waals surface area contributed by atoms with Crippen LogP contribution in [0.5, 0.6) is 17.2 Å². The summed E-state index contributed by atoms with van der Waals surface area (Å²) in [6, 6.07) is 20.3. The van der Waals surface area contributed by atoms with Crippen LogP contribution >= 0.6 is 23.2 Å². The fourth-order valence-electron chi connectivity index (χ4n) is 8.89. The van der Waals surface area contributed by atoms with Gasteiger partial charge in [-0.1, -0.05) is 66.4 Å². The number of likely N-dealkylation sites (tertiary alicyclic amines) is 1. The summed E-state index contributed by atoms with van der Waals surface area (Å²) in [5.41, 5.74) is 6.31. The summed E-state index contributed by atoms with van der Waals surface area (Å²) >= 11 is 13.9. The van der Waals surface area contributed by atoms with Crippen LogP contribution in [0.15, 0.2) is 67.0 Å². The molecular formula is C43H44Cl2F2N4O3. The summed E-state index contributed by atoms with van der Waals surface area (Å²) in [4.78, 5) is 6.42. The molecule has 11 heteroatoms. The van der Waals surface area contributed by atoms with Gasteiger partial charge in [0.2, 0.25) is 5.92 Å². The summed E-state index contributed by atoms with van der Waals surface area (Å²) in [6.07, 6.45) is 10.3. The third-order valence-electron chi connectivity index (χ3n) is 11.4. The van der Waals surface area contributed by atoms with Gasteiger partial charge in [0.1, 0.15) is 36.0 Å². The maximum absolute atomic E-state index is 13.4. The van der Waals surface area contributed by atoms with Gasteiger partial charge >= 0.3 is 0 Å². The summed E-state index contributed by atoms with van der Waals surface area (Å²) in [6.45, 7) is 3.70. The average Bonchev–Trinajstić information content (AvgIpc) is 3.82. The lowest BCUT2D eigenvalue weighted by molar-refractivity contribution is -0.213. The zero-order valence-electron chi connectivity index (χ0n) is 30.2. The molecule has 0 bridgehead atoms. The normalized spacial score (nSPS) is 19.9. The number of nitrogens with zero attached hydrogens (tertiary/aromatic N) is 3. The van der Waals surface area contributed by atoms with E-state index in [1.807, 2.05) is 36.4 Å². The Kier molecular flexibility index (Phi) is 10.7. The lowest BCUT2D eigenvalue weighted by Crippen LogP contribution is -2.65. The smallest absolute Gasteiger partial charge is 0.249 e. The van der Waals surface area contributed by atoms with E-state index in [0.29, 0.717) is 52.1 Å². The predicted molar refractivity (Wildman–Crippen MR) is 206 cm³/mol. The number of nitriles is 1. The fourth-order valence-corrected chi connectivity index (χ4v) is 9.40. The molecule has 1 aliphatic heterocycles. The van der Waals surface area contributed by atoms with Gasteiger partial charge in [-0.25, -0.2) is 8.78 Å². The minimum atomic E-state index is -2.47. The van der Waals surface area contributed by atoms with Crippen molar-refractivity contribution in [2.24, 2.45) is 5.41 Å². The number of benzene rings is 3. The molecule has 3 aromatic carbocycles. The average molecular weight is 774 g/mol. The van der Waals surface area contributed by atoms with Crippen LogP contribution in [-0.4, -0.2) is 48.1 Å². The van der Waals surface area contributed by atoms with E-state index in [4.69, 9.17) is 37.4 Å². The van der Waals surface area contributed by atoms with Crippen molar-refractivity contribution in [3.63, 3.8) is 0 Å². The lowest BCUT2D eigenvalue weighted by atomic mass is 9.61. The van der Waals surface area contributed by atoms with Crippen LogP contribution in [0.3, 0.4) is 0 Å². The van der Waals surface area contributed by atoms with Crippen molar-refractivity contribution < 1.29 is 23.0 Å². The molecule has 8 rings (SSSR count). The highest BCUT2D eigenvalue weighted by molar-refractivity contribution is 6.35. The van der Waals surface area contributed by atoms with Crippen LogP contribution in [0.2, 0.25) is 10.0 Å². The van der Waals surface area contributed by atoms with Crippen molar-refractivity contribution in [2.75, 3.05) is 26.2 Å². The molecule has 0 unspecified atom stereocenters. The number of nitrogens with one attached hydrogen (secondary N) is 1. The van der Waals surface area contributed by atoms with Gasteiger partial charge in [-0.2, -0.15) is 5.26 Å². The number of fused-ring (bicyclic) bond motifs is 1. The lowest BCUT2D eigenvalue weighted by Gasteiger charge is -2.58. The molecule has 1 N–H and O–H groups in total. The van der Waals surface area contributed by atoms with Crippen molar-refractivity contribution in [3.8, 4) is 34.4 Å². The van der Waals surface area contributed by atoms with Gasteiger partial charge in [0.05, 0.1) is 22.2 Å². The van der Waals surface area contributed by atoms with E-state index >= 15 is 0 Å². The van der Waals surface area contributed by atoms with Crippen LogP contribution in [0.25, 0.3) is 11.1 Å². The van der Waals surface area contributed by atoms with Gasteiger partial charge in [0.15, 0.2) is 0 Å². The highest BCUT2D eigenvalue weighted by Crippen LogP contribution is 2.56. The first-order valence-electron chi connectivity index (χ1n) is 19.0. The van der Waals surface area contributed by atoms with Crippen molar-refractivity contribution in [1.82, 2.24) is 15.2 Å². The van der Waals surface area contributed by atoms with Crippen LogP contribution in [0, 0.1) is 16.7 Å². The second-order valence-electron chi connectivity index (χ2n) is 15.5. The van der Waals surface area contributed by atoms with Crippen molar-refractivity contribution in [2.45, 2.75) is 89.0 Å². The first-order valence-corrected chi connectivity index (χ1v) is 19.8. The Morgan fingerprint density at radius 1 is 0.926 bits per heavy atom. The van der Waals surface area contributed by atoms with Gasteiger partial charge in [-0.05, 0) is 67.0 Å². The van der Waals surface area contributed by atoms with Gasteiger partial charge in [0.25, 0.3) is 0 Å². The molecule has 1 atom stereocenters. The van der Waals surface area contributed by atoms with Crippen molar-refractivity contribution in [1.29, 1.82) is 5.26 Å². The standard InChI is InChI=1S/C43H44Cl2F2N4O3/c44-36-17-30(22-50-31-6-1-2-7-31)39(53-23-29-16-28(19-48)20-49-21-29)18-40(36)54-37-13-12-33-32(8-3-9-34(33)37)35-10-4-11-38(41(35)45)52-15-5-14-51-26-42(27-51)24-43(46,47)25-42/h3-4,8-11,16-18,20-21,31,37,50H,1-2,5-7,12-15,22-27H2/t37-/m0/s1. The second-order valence-corrected chi connectivity index (χ2v) is 16.3.